The van der Waals surface area contributed by atoms with E-state index in [-0.39, 0.29) is 29.0 Å². The number of nitrogens with zero attached hydrogens (tertiary/aromatic N) is 4. The second-order valence-electron chi connectivity index (χ2n) is 10.6. The van der Waals surface area contributed by atoms with E-state index in [1.54, 1.807) is 13.1 Å². The van der Waals surface area contributed by atoms with E-state index in [9.17, 15) is 19.7 Å². The summed E-state index contributed by atoms with van der Waals surface area (Å²) < 4.78 is 19.4. The molecule has 0 radical (unpaired) electrons. The Morgan fingerprint density at radius 2 is 1.90 bits per heavy atom. The van der Waals surface area contributed by atoms with E-state index in [0.29, 0.717) is 23.9 Å². The van der Waals surface area contributed by atoms with Gasteiger partial charge in [-0.3, -0.25) is 14.7 Å². The number of aryl methyl sites for hydroxylation is 1. The molecule has 0 unspecified atom stereocenters. The predicted octanol–water partition coefficient (Wildman–Crippen LogP) is 5.59. The SMILES string of the molecule is Cn1c(=O)oc2cc(Nc3cc([C@H]4CC[C@@H](OC(=O)Oc5ccc([N+](=O)[O-])cc5)C4)nn3C(C)(C)C)ccc21. The summed E-state index contributed by atoms with van der Waals surface area (Å²) in [6.45, 7) is 6.18. The first-order valence-corrected chi connectivity index (χ1v) is 12.6. The lowest BCUT2D eigenvalue weighted by Crippen LogP contribution is -2.24. The van der Waals surface area contributed by atoms with Crippen molar-refractivity contribution in [3.05, 3.63) is 74.9 Å². The lowest BCUT2D eigenvalue weighted by atomic mass is 10.0. The van der Waals surface area contributed by atoms with E-state index < -0.39 is 16.8 Å². The number of hydrogen-bond donors (Lipinski definition) is 1. The van der Waals surface area contributed by atoms with E-state index in [0.717, 1.165) is 23.6 Å². The largest absolute Gasteiger partial charge is 0.514 e. The highest BCUT2D eigenvalue weighted by Gasteiger charge is 2.32. The monoisotopic (exact) mass is 535 g/mol. The van der Waals surface area contributed by atoms with Crippen LogP contribution in [0.4, 0.5) is 22.0 Å². The van der Waals surface area contributed by atoms with Gasteiger partial charge in [-0.05, 0) is 64.3 Å². The molecule has 12 heteroatoms. The van der Waals surface area contributed by atoms with Gasteiger partial charge in [-0.25, -0.2) is 14.3 Å². The van der Waals surface area contributed by atoms with Crippen LogP contribution in [0, 0.1) is 10.1 Å². The van der Waals surface area contributed by atoms with Crippen molar-refractivity contribution in [1.82, 2.24) is 14.3 Å². The second-order valence-corrected chi connectivity index (χ2v) is 10.6. The molecule has 0 spiro atoms. The van der Waals surface area contributed by atoms with Crippen molar-refractivity contribution >= 4 is 34.4 Å². The summed E-state index contributed by atoms with van der Waals surface area (Å²) >= 11 is 0. The summed E-state index contributed by atoms with van der Waals surface area (Å²) in [5, 5.41) is 19.1. The molecule has 5 rings (SSSR count). The summed E-state index contributed by atoms with van der Waals surface area (Å²) in [6, 6.07) is 12.7. The van der Waals surface area contributed by atoms with Crippen LogP contribution in [0.1, 0.15) is 51.6 Å². The fraction of sp³-hybridized carbons (Fsp3) is 0.370. The number of anilines is 2. The molecular formula is C27H29N5O7. The number of oxazole rings is 1. The Balaban J connectivity index is 1.27. The van der Waals surface area contributed by atoms with E-state index in [4.69, 9.17) is 19.0 Å². The van der Waals surface area contributed by atoms with E-state index in [1.807, 2.05) is 22.9 Å². The third-order valence-electron chi connectivity index (χ3n) is 6.74. The molecule has 4 aromatic rings. The molecule has 12 nitrogen and oxygen atoms in total. The standard InChI is InChI=1S/C27H29N5O7/c1-27(2,3)31-24(28-17-6-12-22-23(14-17)39-25(33)30(22)4)15-21(29-31)16-5-9-20(13-16)38-26(34)37-19-10-7-18(8-11-19)32(35)36/h6-8,10-12,14-16,20,28H,5,9,13H2,1-4H3/t16-,20+/m0/s1. The number of fused-ring (bicyclic) bond motifs is 1. The van der Waals surface area contributed by atoms with Crippen LogP contribution < -0.4 is 15.8 Å². The van der Waals surface area contributed by atoms with Crippen LogP contribution in [-0.4, -0.2) is 31.5 Å². The summed E-state index contributed by atoms with van der Waals surface area (Å²) in [6.07, 6.45) is 0.864. The first kappa shape index (κ1) is 26.0. The third kappa shape index (κ3) is 5.49. The number of nitro benzene ring substituents is 1. The molecule has 204 valence electrons. The molecule has 1 aliphatic carbocycles. The Labute approximate surface area is 223 Å². The summed E-state index contributed by atoms with van der Waals surface area (Å²) in [7, 11) is 1.66. The molecule has 2 aromatic carbocycles. The van der Waals surface area contributed by atoms with Gasteiger partial charge in [0.25, 0.3) is 5.69 Å². The van der Waals surface area contributed by atoms with Gasteiger partial charge >= 0.3 is 11.9 Å². The number of nitrogens with one attached hydrogen (secondary N) is 1. The molecule has 1 fully saturated rings. The molecule has 1 N–H and O–H groups in total. The van der Waals surface area contributed by atoms with Crippen molar-refractivity contribution in [3.8, 4) is 5.75 Å². The Bertz CT molecular complexity index is 1590. The van der Waals surface area contributed by atoms with Crippen LogP contribution >= 0.6 is 0 Å². The van der Waals surface area contributed by atoms with Crippen molar-refractivity contribution in [2.45, 2.75) is 57.6 Å². The van der Waals surface area contributed by atoms with Gasteiger partial charge in [0, 0.05) is 42.9 Å². The maximum absolute atomic E-state index is 12.3. The van der Waals surface area contributed by atoms with Crippen LogP contribution in [0.25, 0.3) is 11.1 Å². The zero-order valence-corrected chi connectivity index (χ0v) is 22.0. The number of carbonyl (C=O) groups is 1. The van der Waals surface area contributed by atoms with Crippen molar-refractivity contribution in [3.63, 3.8) is 0 Å². The lowest BCUT2D eigenvalue weighted by molar-refractivity contribution is -0.384. The van der Waals surface area contributed by atoms with Gasteiger partial charge in [-0.15, -0.1) is 0 Å². The third-order valence-corrected chi connectivity index (χ3v) is 6.74. The van der Waals surface area contributed by atoms with Crippen LogP contribution in [0.2, 0.25) is 0 Å². The Kier molecular flexibility index (Phi) is 6.62. The highest BCUT2D eigenvalue weighted by Crippen LogP contribution is 2.38. The van der Waals surface area contributed by atoms with Gasteiger partial charge in [0.2, 0.25) is 0 Å². The van der Waals surface area contributed by atoms with Gasteiger partial charge in [-0.1, -0.05) is 0 Å². The van der Waals surface area contributed by atoms with Crippen molar-refractivity contribution in [2.24, 2.45) is 7.05 Å². The number of non-ortho nitro benzene ring substituents is 1. The zero-order chi connectivity index (χ0) is 27.9. The highest BCUT2D eigenvalue weighted by atomic mass is 16.7. The topological polar surface area (TPSA) is 144 Å². The quantitative estimate of drug-likeness (QED) is 0.145. The summed E-state index contributed by atoms with van der Waals surface area (Å²) in [4.78, 5) is 34.4. The molecule has 2 aromatic heterocycles. The van der Waals surface area contributed by atoms with Crippen LogP contribution in [0.3, 0.4) is 0 Å². The summed E-state index contributed by atoms with van der Waals surface area (Å²) in [5.41, 5.74) is 2.44. The average Bonchev–Trinajstić information content (AvgIpc) is 3.57. The van der Waals surface area contributed by atoms with Crippen molar-refractivity contribution < 1.29 is 23.6 Å². The molecule has 1 aliphatic rings. The fourth-order valence-electron chi connectivity index (χ4n) is 4.77. The highest BCUT2D eigenvalue weighted by molar-refractivity contribution is 5.78. The molecule has 0 amide bonds. The number of hydrogen-bond acceptors (Lipinski definition) is 9. The Morgan fingerprint density at radius 1 is 1.15 bits per heavy atom. The van der Waals surface area contributed by atoms with Crippen LogP contribution in [0.15, 0.2) is 57.7 Å². The van der Waals surface area contributed by atoms with Gasteiger partial charge in [-0.2, -0.15) is 5.10 Å². The first-order valence-electron chi connectivity index (χ1n) is 12.6. The van der Waals surface area contributed by atoms with Gasteiger partial charge in [0.1, 0.15) is 17.7 Å². The normalized spacial score (nSPS) is 17.3. The number of nitro groups is 1. The number of benzene rings is 2. The minimum Gasteiger partial charge on any atom is -0.431 e. The minimum atomic E-state index is -0.847. The lowest BCUT2D eigenvalue weighted by Gasteiger charge is -2.23. The summed E-state index contributed by atoms with van der Waals surface area (Å²) in [5.74, 6) is 0.629. The smallest absolute Gasteiger partial charge is 0.431 e. The Morgan fingerprint density at radius 3 is 2.59 bits per heavy atom. The van der Waals surface area contributed by atoms with Gasteiger partial charge in [0.15, 0.2) is 5.58 Å². The number of rotatable bonds is 6. The van der Waals surface area contributed by atoms with Crippen molar-refractivity contribution in [2.75, 3.05) is 5.32 Å². The van der Waals surface area contributed by atoms with Gasteiger partial charge < -0.3 is 19.2 Å². The molecule has 0 bridgehead atoms. The van der Waals surface area contributed by atoms with Crippen molar-refractivity contribution in [1.29, 1.82) is 0 Å². The maximum atomic E-state index is 12.3. The van der Waals surface area contributed by atoms with Gasteiger partial charge in [0.05, 0.1) is 21.7 Å². The molecular weight excluding hydrogens is 506 g/mol. The Hall–Kier alpha value is -4.61. The maximum Gasteiger partial charge on any atom is 0.514 e. The number of carbonyl (C=O) groups excluding carboxylic acids is 1. The van der Waals surface area contributed by atoms with Crippen LogP contribution in [-0.2, 0) is 17.3 Å². The number of aromatic nitrogens is 3. The average molecular weight is 536 g/mol. The molecule has 0 aliphatic heterocycles. The molecule has 2 atom stereocenters. The van der Waals surface area contributed by atoms with E-state index in [2.05, 4.69) is 26.1 Å². The molecule has 39 heavy (non-hydrogen) atoms. The van der Waals surface area contributed by atoms with E-state index >= 15 is 0 Å². The zero-order valence-electron chi connectivity index (χ0n) is 22.0. The molecule has 0 saturated heterocycles. The predicted molar refractivity (Wildman–Crippen MR) is 143 cm³/mol. The van der Waals surface area contributed by atoms with Crippen LogP contribution in [0.5, 0.6) is 5.75 Å². The second kappa shape index (κ2) is 9.93. The van der Waals surface area contributed by atoms with E-state index in [1.165, 1.54) is 28.8 Å². The minimum absolute atomic E-state index is 0.0842. The first-order chi connectivity index (χ1) is 18.5. The molecule has 2 heterocycles. The fourth-order valence-corrected chi connectivity index (χ4v) is 4.77. The number of ether oxygens (including phenoxy) is 2. The molecule has 1 saturated carbocycles.